The van der Waals surface area contributed by atoms with Gasteiger partial charge in [0.2, 0.25) is 10.0 Å². The van der Waals surface area contributed by atoms with E-state index in [1.165, 1.54) is 12.5 Å². The highest BCUT2D eigenvalue weighted by Crippen LogP contribution is 2.43. The van der Waals surface area contributed by atoms with Gasteiger partial charge in [-0.3, -0.25) is 14.6 Å². The summed E-state index contributed by atoms with van der Waals surface area (Å²) in [6.07, 6.45) is 2.91. The molecule has 2 aliphatic rings. The fourth-order valence-corrected chi connectivity index (χ4v) is 8.44. The molecule has 0 atom stereocenters. The number of anilines is 2. The maximum absolute atomic E-state index is 12.4. The fourth-order valence-electron chi connectivity index (χ4n) is 6.46. The van der Waals surface area contributed by atoms with Gasteiger partial charge in [0.25, 0.3) is 0 Å². The molecule has 262 valence electrons. The summed E-state index contributed by atoms with van der Waals surface area (Å²) in [6, 6.07) is 7.68. The molecule has 2 saturated heterocycles. The first-order valence-electron chi connectivity index (χ1n) is 16.6. The molecule has 48 heavy (non-hydrogen) atoms. The van der Waals surface area contributed by atoms with Crippen molar-refractivity contribution in [2.45, 2.75) is 47.6 Å². The Hall–Kier alpha value is -3.17. The second-order valence-corrected chi connectivity index (χ2v) is 17.3. The molecular weight excluding hydrogens is 649 g/mol. The van der Waals surface area contributed by atoms with Crippen molar-refractivity contribution in [2.75, 3.05) is 82.4 Å². The van der Waals surface area contributed by atoms with Gasteiger partial charge in [-0.25, -0.2) is 18.4 Å². The molecule has 0 unspecified atom stereocenters. The van der Waals surface area contributed by atoms with Crippen LogP contribution in [0, 0.1) is 16.2 Å². The van der Waals surface area contributed by atoms with Crippen LogP contribution in [0.15, 0.2) is 24.3 Å². The van der Waals surface area contributed by atoms with Gasteiger partial charge in [-0.1, -0.05) is 39.8 Å². The molecule has 0 aliphatic carbocycles. The molecular formula is C34H50N8O4S2. The SMILES string of the molecule is CCOC(=O)CC(C)(C)C(C)(C)CN1CCN(c2nc(-c3cccc(N)c3C=N)nc3cc(CN4CCN(S(C)(=O)=O)CC4)sc23)CC1. The van der Waals surface area contributed by atoms with Crippen molar-refractivity contribution in [2.24, 2.45) is 10.8 Å². The smallest absolute Gasteiger partial charge is 0.306 e. The van der Waals surface area contributed by atoms with Crippen molar-refractivity contribution in [3.05, 3.63) is 34.7 Å². The van der Waals surface area contributed by atoms with Gasteiger partial charge in [0.1, 0.15) is 0 Å². The Morgan fingerprint density at radius 1 is 1.02 bits per heavy atom. The first-order chi connectivity index (χ1) is 22.6. The highest BCUT2D eigenvalue weighted by Gasteiger charge is 2.40. The summed E-state index contributed by atoms with van der Waals surface area (Å²) in [7, 11) is -3.19. The molecule has 3 N–H and O–H groups in total. The van der Waals surface area contributed by atoms with Crippen molar-refractivity contribution < 1.29 is 17.9 Å². The number of fused-ring (bicyclic) bond motifs is 1. The Bertz CT molecular complexity index is 1740. The summed E-state index contributed by atoms with van der Waals surface area (Å²) in [5.74, 6) is 1.27. The Labute approximate surface area is 288 Å². The van der Waals surface area contributed by atoms with E-state index >= 15 is 0 Å². The molecule has 0 spiro atoms. The van der Waals surface area contributed by atoms with E-state index < -0.39 is 10.0 Å². The van der Waals surface area contributed by atoms with E-state index in [0.29, 0.717) is 62.8 Å². The number of sulfonamides is 1. The van der Waals surface area contributed by atoms with Crippen LogP contribution >= 0.6 is 11.3 Å². The van der Waals surface area contributed by atoms with E-state index in [0.717, 1.165) is 59.2 Å². The zero-order valence-corrected chi connectivity index (χ0v) is 30.7. The predicted octanol–water partition coefficient (Wildman–Crippen LogP) is 4.14. The molecule has 2 fully saturated rings. The number of carbonyl (C=O) groups is 1. The number of piperazine rings is 2. The maximum Gasteiger partial charge on any atom is 0.306 e. The van der Waals surface area contributed by atoms with Crippen LogP contribution in [0.3, 0.4) is 0 Å². The highest BCUT2D eigenvalue weighted by molar-refractivity contribution is 7.88. The zero-order chi connectivity index (χ0) is 34.9. The molecule has 2 aromatic heterocycles. The molecule has 0 amide bonds. The summed E-state index contributed by atoms with van der Waals surface area (Å²) in [5.41, 5.74) is 8.58. The summed E-state index contributed by atoms with van der Waals surface area (Å²) in [4.78, 5) is 30.7. The van der Waals surface area contributed by atoms with Crippen molar-refractivity contribution >= 4 is 55.3 Å². The molecule has 14 heteroatoms. The second-order valence-electron chi connectivity index (χ2n) is 14.2. The minimum atomic E-state index is -3.19. The standard InChI is InChI=1S/C34H50N8O4S2/c1-7-46-29(43)20-33(2,3)34(4,5)23-40-11-15-41(16-12-40)32-30-28(37-31(38-32)25-9-8-10-27(36)26(25)21-35)19-24(47-30)22-39-13-17-42(18-14-39)48(6,44)45/h8-10,19,21,35H,7,11-18,20,22-23,36H2,1-6H3. The largest absolute Gasteiger partial charge is 0.466 e. The third-order valence-electron chi connectivity index (χ3n) is 10.1. The third kappa shape index (κ3) is 7.99. The summed E-state index contributed by atoms with van der Waals surface area (Å²) in [5, 5.41) is 8.04. The molecule has 5 rings (SSSR count). The number of nitrogens with two attached hydrogens (primary N) is 1. The second kappa shape index (κ2) is 14.4. The quantitative estimate of drug-likeness (QED) is 0.161. The number of nitrogen functional groups attached to an aromatic ring is 1. The Morgan fingerprint density at radius 2 is 1.69 bits per heavy atom. The number of rotatable bonds is 12. The van der Waals surface area contributed by atoms with Gasteiger partial charge in [-0.15, -0.1) is 11.3 Å². The number of aromatic nitrogens is 2. The number of ether oxygens (including phenoxy) is 1. The predicted molar refractivity (Wildman–Crippen MR) is 194 cm³/mol. The van der Waals surface area contributed by atoms with E-state index in [2.05, 4.69) is 48.5 Å². The third-order valence-corrected chi connectivity index (χ3v) is 12.5. The number of nitrogens with one attached hydrogen (secondary N) is 1. The molecule has 4 heterocycles. The Morgan fingerprint density at radius 3 is 2.31 bits per heavy atom. The summed E-state index contributed by atoms with van der Waals surface area (Å²) >= 11 is 1.69. The van der Waals surface area contributed by atoms with E-state index in [1.807, 2.05) is 19.1 Å². The number of benzene rings is 1. The molecule has 0 bridgehead atoms. The first-order valence-corrected chi connectivity index (χ1v) is 19.3. The Kier molecular flexibility index (Phi) is 10.8. The van der Waals surface area contributed by atoms with Crippen LogP contribution in [0.25, 0.3) is 21.6 Å². The topological polar surface area (TPSA) is 149 Å². The summed E-state index contributed by atoms with van der Waals surface area (Å²) < 4.78 is 31.9. The fraction of sp³-hybridized carbons (Fsp3) is 0.588. The van der Waals surface area contributed by atoms with Crippen molar-refractivity contribution in [3.63, 3.8) is 0 Å². The molecule has 1 aromatic carbocycles. The van der Waals surface area contributed by atoms with Gasteiger partial charge in [-0.05, 0) is 29.9 Å². The van der Waals surface area contributed by atoms with Crippen LogP contribution in [0.1, 0.15) is 51.5 Å². The van der Waals surface area contributed by atoms with E-state index in [1.54, 1.807) is 21.7 Å². The lowest BCUT2D eigenvalue weighted by atomic mass is 9.65. The number of hydrogen-bond acceptors (Lipinski definition) is 12. The minimum Gasteiger partial charge on any atom is -0.466 e. The molecule has 12 nitrogen and oxygen atoms in total. The van der Waals surface area contributed by atoms with Crippen LogP contribution < -0.4 is 10.6 Å². The van der Waals surface area contributed by atoms with E-state index in [9.17, 15) is 13.2 Å². The number of carbonyl (C=O) groups excluding carboxylic acids is 1. The first kappa shape index (κ1) is 36.1. The normalized spacial score (nSPS) is 17.6. The molecule has 0 saturated carbocycles. The van der Waals surface area contributed by atoms with Gasteiger partial charge < -0.3 is 20.8 Å². The lowest BCUT2D eigenvalue weighted by Gasteiger charge is -2.46. The average molecular weight is 699 g/mol. The minimum absolute atomic E-state index is 0.122. The van der Waals surface area contributed by atoms with Crippen molar-refractivity contribution in [3.8, 4) is 11.4 Å². The Balaban J connectivity index is 1.39. The number of nitrogens with zero attached hydrogens (tertiary/aromatic N) is 6. The van der Waals surface area contributed by atoms with Crippen LogP contribution in [0.2, 0.25) is 0 Å². The van der Waals surface area contributed by atoms with Crippen LogP contribution in [-0.4, -0.2) is 116 Å². The van der Waals surface area contributed by atoms with Gasteiger partial charge in [0.15, 0.2) is 11.6 Å². The average Bonchev–Trinajstić information content (AvgIpc) is 3.42. The lowest BCUT2D eigenvalue weighted by molar-refractivity contribution is -0.147. The number of hydrogen-bond donors (Lipinski definition) is 2. The van der Waals surface area contributed by atoms with Crippen LogP contribution in [0.4, 0.5) is 11.5 Å². The molecule has 2 aliphatic heterocycles. The van der Waals surface area contributed by atoms with Gasteiger partial charge in [-0.2, -0.15) is 4.31 Å². The van der Waals surface area contributed by atoms with E-state index in [-0.39, 0.29) is 16.8 Å². The van der Waals surface area contributed by atoms with Crippen LogP contribution in [0.5, 0.6) is 0 Å². The maximum atomic E-state index is 12.4. The molecule has 3 aromatic rings. The van der Waals surface area contributed by atoms with Crippen LogP contribution in [-0.2, 0) is 26.1 Å². The molecule has 0 radical (unpaired) electrons. The summed E-state index contributed by atoms with van der Waals surface area (Å²) in [6.45, 7) is 18.2. The monoisotopic (exact) mass is 698 g/mol. The van der Waals surface area contributed by atoms with Gasteiger partial charge >= 0.3 is 5.97 Å². The zero-order valence-electron chi connectivity index (χ0n) is 29.1. The number of esters is 1. The van der Waals surface area contributed by atoms with E-state index in [4.69, 9.17) is 25.8 Å². The van der Waals surface area contributed by atoms with Crippen molar-refractivity contribution in [1.29, 1.82) is 5.41 Å². The van der Waals surface area contributed by atoms with Gasteiger partial charge in [0, 0.05) is 93.4 Å². The highest BCUT2D eigenvalue weighted by atomic mass is 32.2. The van der Waals surface area contributed by atoms with Crippen molar-refractivity contribution in [1.82, 2.24) is 24.1 Å². The van der Waals surface area contributed by atoms with Gasteiger partial charge in [0.05, 0.1) is 29.5 Å². The lowest BCUT2D eigenvalue weighted by Crippen LogP contribution is -2.52. The number of thiophene rings is 1.